The van der Waals surface area contributed by atoms with Crippen LogP contribution >= 0.6 is 23.2 Å². The summed E-state index contributed by atoms with van der Waals surface area (Å²) < 4.78 is 0. The molecule has 1 amide bonds. The molecule has 0 unspecified atom stereocenters. The highest BCUT2D eigenvalue weighted by Crippen LogP contribution is 2.29. The largest absolute Gasteiger partial charge is 0.360 e. The number of carbonyl (C=O) groups excluding carboxylic acids is 1. The van der Waals surface area contributed by atoms with Crippen LogP contribution in [0.3, 0.4) is 0 Å². The molecule has 0 saturated carbocycles. The van der Waals surface area contributed by atoms with Gasteiger partial charge in [0.05, 0.1) is 12.2 Å². The number of aromatic nitrogens is 2. The van der Waals surface area contributed by atoms with Crippen LogP contribution in [0.25, 0.3) is 11.4 Å². The minimum Gasteiger partial charge on any atom is -0.360 e. The Kier molecular flexibility index (Phi) is 5.45. The van der Waals surface area contributed by atoms with Crippen molar-refractivity contribution >= 4 is 34.9 Å². The first-order valence-electron chi connectivity index (χ1n) is 8.24. The maximum absolute atomic E-state index is 12.2. The number of hydrogen-bond donors (Lipinski definition) is 0. The minimum atomic E-state index is -1.04. The Morgan fingerprint density at radius 2 is 2.00 bits per heavy atom. The molecular weight excluding hydrogens is 359 g/mol. The highest BCUT2D eigenvalue weighted by atomic mass is 35.5. The Bertz CT molecular complexity index is 767. The van der Waals surface area contributed by atoms with E-state index in [4.69, 9.17) is 33.2 Å². The number of hydrogen-bond acceptors (Lipinski definition) is 4. The summed E-state index contributed by atoms with van der Waals surface area (Å²) in [4.78, 5) is 24.4. The van der Waals surface area contributed by atoms with Crippen molar-refractivity contribution in [3.63, 3.8) is 0 Å². The Labute approximate surface area is 157 Å². The summed E-state index contributed by atoms with van der Waals surface area (Å²) in [5.74, 6) is 1.29. The van der Waals surface area contributed by atoms with Gasteiger partial charge in [-0.2, -0.15) is 0 Å². The monoisotopic (exact) mass is 378 g/mol. The summed E-state index contributed by atoms with van der Waals surface area (Å²) in [5, 5.41) is 0. The molecule has 1 aliphatic rings. The van der Waals surface area contributed by atoms with Gasteiger partial charge in [-0.05, 0) is 6.92 Å². The third kappa shape index (κ3) is 3.72. The third-order valence-corrected chi connectivity index (χ3v) is 4.78. The fourth-order valence-corrected chi connectivity index (χ4v) is 3.18. The Morgan fingerprint density at radius 3 is 2.64 bits per heavy atom. The van der Waals surface area contributed by atoms with Gasteiger partial charge >= 0.3 is 0 Å². The van der Waals surface area contributed by atoms with Crippen molar-refractivity contribution in [1.29, 1.82) is 0 Å². The lowest BCUT2D eigenvalue weighted by molar-refractivity contribution is -0.130. The van der Waals surface area contributed by atoms with Gasteiger partial charge in [0.25, 0.3) is 5.91 Å². The van der Waals surface area contributed by atoms with E-state index in [1.165, 1.54) is 0 Å². The van der Waals surface area contributed by atoms with Crippen molar-refractivity contribution in [2.45, 2.75) is 24.7 Å². The number of amides is 1. The lowest BCUT2D eigenvalue weighted by atomic mass is 10.0. The number of anilines is 1. The first-order chi connectivity index (χ1) is 12.0. The fraction of sp³-hybridized carbons (Fsp3) is 0.389. The van der Waals surface area contributed by atoms with Gasteiger partial charge in [0.2, 0.25) is 0 Å². The first kappa shape index (κ1) is 18.0. The molecule has 0 N–H and O–H groups in total. The molecule has 0 atom stereocenters. The van der Waals surface area contributed by atoms with Crippen molar-refractivity contribution in [3.05, 3.63) is 41.6 Å². The third-order valence-electron chi connectivity index (χ3n) is 4.40. The molecule has 7 heteroatoms. The van der Waals surface area contributed by atoms with Crippen molar-refractivity contribution < 1.29 is 4.79 Å². The normalized spacial score (nSPS) is 13.7. The van der Waals surface area contributed by atoms with Gasteiger partial charge in [0.15, 0.2) is 10.7 Å². The van der Waals surface area contributed by atoms with E-state index in [9.17, 15) is 4.79 Å². The molecule has 25 heavy (non-hydrogen) atoms. The number of carbonyl (C=O) groups is 1. The van der Waals surface area contributed by atoms with Crippen LogP contribution in [0.4, 0.5) is 5.82 Å². The van der Waals surface area contributed by atoms with E-state index < -0.39 is 4.84 Å². The van der Waals surface area contributed by atoms with E-state index in [1.54, 1.807) is 4.90 Å². The van der Waals surface area contributed by atoms with Crippen molar-refractivity contribution in [2.75, 3.05) is 25.0 Å². The van der Waals surface area contributed by atoms with Gasteiger partial charge in [-0.25, -0.2) is 9.97 Å². The molecule has 0 spiro atoms. The summed E-state index contributed by atoms with van der Waals surface area (Å²) >= 11 is 11.5. The minimum absolute atomic E-state index is 0.272. The molecule has 0 radical (unpaired) electrons. The van der Waals surface area contributed by atoms with E-state index >= 15 is 0 Å². The summed E-state index contributed by atoms with van der Waals surface area (Å²) in [5.41, 5.74) is 2.93. The Hall–Kier alpha value is -1.85. The molecule has 2 heterocycles. The predicted octanol–water partition coefficient (Wildman–Crippen LogP) is 3.29. The second-order valence-electron chi connectivity index (χ2n) is 5.99. The topological polar surface area (TPSA) is 49.3 Å². The number of alkyl halides is 2. The summed E-state index contributed by atoms with van der Waals surface area (Å²) in [6.07, 6.45) is 0.661. The molecule has 5 nitrogen and oxygen atoms in total. The second-order valence-corrected chi connectivity index (χ2v) is 7.08. The van der Waals surface area contributed by atoms with E-state index in [-0.39, 0.29) is 5.91 Å². The number of fused-ring (bicyclic) bond motifs is 1. The summed E-state index contributed by atoms with van der Waals surface area (Å²) in [7, 11) is 1.99. The van der Waals surface area contributed by atoms with Crippen molar-refractivity contribution in [1.82, 2.24) is 14.9 Å². The lowest BCUT2D eigenvalue weighted by Crippen LogP contribution is -2.40. The van der Waals surface area contributed by atoms with Gasteiger partial charge in [-0.3, -0.25) is 4.79 Å². The zero-order valence-electron chi connectivity index (χ0n) is 14.2. The molecule has 3 rings (SSSR count). The van der Waals surface area contributed by atoms with Crippen molar-refractivity contribution in [3.8, 4) is 11.4 Å². The molecule has 0 bridgehead atoms. The number of nitrogens with zero attached hydrogens (tertiary/aromatic N) is 4. The molecule has 2 aromatic rings. The molecule has 0 aliphatic carbocycles. The van der Waals surface area contributed by atoms with Crippen LogP contribution in [-0.4, -0.2) is 45.7 Å². The summed E-state index contributed by atoms with van der Waals surface area (Å²) in [6, 6.07) is 9.92. The molecule has 1 aromatic carbocycles. The summed E-state index contributed by atoms with van der Waals surface area (Å²) in [6.45, 7) is 3.86. The SMILES string of the molecule is CCN(C)c1nc(-c2ccccc2)nc2c1CN(C(=O)C(Cl)Cl)CC2. The van der Waals surface area contributed by atoms with Gasteiger partial charge in [0.1, 0.15) is 5.82 Å². The van der Waals surface area contributed by atoms with Gasteiger partial charge in [-0.1, -0.05) is 53.5 Å². The van der Waals surface area contributed by atoms with Crippen molar-refractivity contribution in [2.24, 2.45) is 0 Å². The van der Waals surface area contributed by atoms with E-state index in [1.807, 2.05) is 37.4 Å². The van der Waals surface area contributed by atoms with Crippen LogP contribution in [0.2, 0.25) is 0 Å². The molecule has 0 fully saturated rings. The standard InChI is InChI=1S/C18H20Cl2N4O/c1-3-23(2)17-13-11-24(18(25)15(19)20)10-9-14(13)21-16(22-17)12-7-5-4-6-8-12/h4-8,15H,3,9-11H2,1-2H3. The van der Waals surface area contributed by atoms with E-state index in [2.05, 4.69) is 11.8 Å². The van der Waals surface area contributed by atoms with E-state index in [0.717, 1.165) is 29.2 Å². The van der Waals surface area contributed by atoms with Crippen LogP contribution in [-0.2, 0) is 17.8 Å². The molecule has 0 saturated heterocycles. The maximum atomic E-state index is 12.2. The zero-order chi connectivity index (χ0) is 18.0. The predicted molar refractivity (Wildman–Crippen MR) is 101 cm³/mol. The van der Waals surface area contributed by atoms with Gasteiger partial charge in [-0.15, -0.1) is 0 Å². The average molecular weight is 379 g/mol. The quantitative estimate of drug-likeness (QED) is 0.765. The zero-order valence-corrected chi connectivity index (χ0v) is 15.8. The Balaban J connectivity index is 2.04. The number of rotatable bonds is 4. The van der Waals surface area contributed by atoms with Crippen LogP contribution < -0.4 is 4.90 Å². The smallest absolute Gasteiger partial charge is 0.256 e. The van der Waals surface area contributed by atoms with Gasteiger partial charge < -0.3 is 9.80 Å². The highest BCUT2D eigenvalue weighted by Gasteiger charge is 2.29. The van der Waals surface area contributed by atoms with Gasteiger partial charge in [0, 0.05) is 37.7 Å². The van der Waals surface area contributed by atoms with E-state index in [0.29, 0.717) is 25.3 Å². The molecule has 1 aromatic heterocycles. The maximum Gasteiger partial charge on any atom is 0.256 e. The molecule has 132 valence electrons. The van der Waals surface area contributed by atoms with Crippen LogP contribution in [0.15, 0.2) is 30.3 Å². The second kappa shape index (κ2) is 7.58. The molecule has 1 aliphatic heterocycles. The average Bonchev–Trinajstić information content (AvgIpc) is 2.66. The highest BCUT2D eigenvalue weighted by molar-refractivity contribution is 6.53. The lowest BCUT2D eigenvalue weighted by Gasteiger charge is -2.32. The Morgan fingerprint density at radius 1 is 1.28 bits per heavy atom. The molecular formula is C18H20Cl2N4O. The first-order valence-corrected chi connectivity index (χ1v) is 9.11. The fourth-order valence-electron chi connectivity index (χ4n) is 2.90. The number of benzene rings is 1. The van der Waals surface area contributed by atoms with Crippen LogP contribution in [0.5, 0.6) is 0 Å². The van der Waals surface area contributed by atoms with Crippen LogP contribution in [0.1, 0.15) is 18.2 Å². The number of halogens is 2. The van der Waals surface area contributed by atoms with Crippen LogP contribution in [0, 0.1) is 0 Å².